The van der Waals surface area contributed by atoms with Gasteiger partial charge < -0.3 is 19.9 Å². The van der Waals surface area contributed by atoms with E-state index < -0.39 is 37.9 Å². The summed E-state index contributed by atoms with van der Waals surface area (Å²) in [6, 6.07) is -0.520. The van der Waals surface area contributed by atoms with Crippen molar-refractivity contribution in [2.24, 2.45) is 5.92 Å². The summed E-state index contributed by atoms with van der Waals surface area (Å²) in [5.41, 5.74) is 4.18. The number of alkyl halides is 1. The molecule has 0 saturated carbocycles. The van der Waals surface area contributed by atoms with E-state index in [1.165, 1.54) is 17.8 Å². The Morgan fingerprint density at radius 2 is 2.17 bits per heavy atom. The number of nitrogens with two attached hydrogens (primary N) is 1. The van der Waals surface area contributed by atoms with Gasteiger partial charge in [-0.15, -0.1) is 0 Å². The van der Waals surface area contributed by atoms with Gasteiger partial charge in [-0.25, -0.2) is 19.0 Å². The maximum absolute atomic E-state index is 16.3. The number of rotatable bonds is 9. The van der Waals surface area contributed by atoms with Gasteiger partial charge in [-0.1, -0.05) is 20.8 Å². The van der Waals surface area contributed by atoms with Gasteiger partial charge in [-0.05, 0) is 20.3 Å². The van der Waals surface area contributed by atoms with Crippen LogP contribution < -0.4 is 15.6 Å². The number of hydrogen-bond acceptors (Lipinski definition) is 11. The third-order valence-corrected chi connectivity index (χ3v) is 7.69. The molecule has 0 radical (unpaired) electrons. The molecular formula is C21H32FN6O7P. The summed E-state index contributed by atoms with van der Waals surface area (Å²) in [6.45, 7) is 8.44. The van der Waals surface area contributed by atoms with Crippen molar-refractivity contribution in [1.29, 1.82) is 0 Å². The molecule has 0 aliphatic carbocycles. The van der Waals surface area contributed by atoms with Crippen LogP contribution in [0.3, 0.4) is 0 Å². The highest BCUT2D eigenvalue weighted by Gasteiger charge is 2.61. The van der Waals surface area contributed by atoms with Crippen LogP contribution in [0.1, 0.15) is 47.3 Å². The van der Waals surface area contributed by atoms with Crippen LogP contribution in [0, 0.1) is 5.92 Å². The molecule has 36 heavy (non-hydrogen) atoms. The van der Waals surface area contributed by atoms with E-state index in [9.17, 15) is 9.36 Å². The lowest BCUT2D eigenvalue weighted by Gasteiger charge is -2.35. The fourth-order valence-corrected chi connectivity index (χ4v) is 5.95. The Hall–Kier alpha value is -2.38. The standard InChI is InChI=1S/C21H32FN6O7P/c1-6-12(8-32-18(29)11(3)4)27-36(30)33-9-13-15(35-36)21(5,22)19(34-13)28-10-24-14-16(28)25-20(23)26-17(14)31-7-2/h10-13,15,19H,6-9H2,1-5H3,(H,27,30)(H2,23,25,26)/t12-,13-,15-,19-,21-,36?/m1/s1. The minimum absolute atomic E-state index is 0.0331. The zero-order valence-corrected chi connectivity index (χ0v) is 21.7. The van der Waals surface area contributed by atoms with Crippen LogP contribution in [0.15, 0.2) is 6.33 Å². The van der Waals surface area contributed by atoms with Crippen molar-refractivity contribution in [1.82, 2.24) is 24.6 Å². The Kier molecular flexibility index (Phi) is 7.54. The van der Waals surface area contributed by atoms with Crippen molar-refractivity contribution >= 4 is 30.8 Å². The number of esters is 1. The summed E-state index contributed by atoms with van der Waals surface area (Å²) in [4.78, 5) is 24.3. The molecule has 2 saturated heterocycles. The zero-order valence-electron chi connectivity index (χ0n) is 20.8. The van der Waals surface area contributed by atoms with Crippen molar-refractivity contribution < 1.29 is 37.0 Å². The monoisotopic (exact) mass is 530 g/mol. The first-order chi connectivity index (χ1) is 17.0. The fourth-order valence-electron chi connectivity index (χ4n) is 4.06. The molecule has 0 bridgehead atoms. The van der Waals surface area contributed by atoms with Crippen LogP contribution in [0.25, 0.3) is 11.2 Å². The lowest BCUT2D eigenvalue weighted by molar-refractivity contribution is -0.148. The van der Waals surface area contributed by atoms with Gasteiger partial charge in [0.25, 0.3) is 0 Å². The van der Waals surface area contributed by atoms with Gasteiger partial charge in [0, 0.05) is 0 Å². The third kappa shape index (κ3) is 5.05. The number of carbonyl (C=O) groups is 1. The highest BCUT2D eigenvalue weighted by molar-refractivity contribution is 7.51. The minimum atomic E-state index is -3.95. The molecule has 3 N–H and O–H groups in total. The van der Waals surface area contributed by atoms with E-state index in [1.54, 1.807) is 20.8 Å². The Morgan fingerprint density at radius 3 is 2.83 bits per heavy atom. The van der Waals surface area contributed by atoms with Crippen LogP contribution >= 0.6 is 7.75 Å². The molecule has 2 aliphatic heterocycles. The van der Waals surface area contributed by atoms with Crippen LogP contribution in [0.5, 0.6) is 5.88 Å². The summed E-state index contributed by atoms with van der Waals surface area (Å²) < 4.78 is 58.9. The molecule has 1 unspecified atom stereocenters. The smallest absolute Gasteiger partial charge is 0.406 e. The lowest BCUT2D eigenvalue weighted by Crippen LogP contribution is -2.47. The number of aromatic nitrogens is 4. The average Bonchev–Trinajstić information content (AvgIpc) is 3.34. The summed E-state index contributed by atoms with van der Waals surface area (Å²) in [6.07, 6.45) is -1.49. The van der Waals surface area contributed by atoms with Crippen LogP contribution in [-0.2, 0) is 27.9 Å². The first kappa shape index (κ1) is 26.7. The molecule has 15 heteroatoms. The summed E-state index contributed by atoms with van der Waals surface area (Å²) in [5.74, 6) is -0.578. The van der Waals surface area contributed by atoms with E-state index in [0.717, 1.165) is 0 Å². The molecule has 2 aliphatic rings. The normalized spacial score (nSPS) is 30.9. The Labute approximate surface area is 207 Å². The maximum Gasteiger partial charge on any atom is 0.406 e. The van der Waals surface area contributed by atoms with Gasteiger partial charge in [0.1, 0.15) is 18.8 Å². The zero-order chi connectivity index (χ0) is 26.3. The lowest BCUT2D eigenvalue weighted by atomic mass is 9.98. The highest BCUT2D eigenvalue weighted by atomic mass is 31.2. The summed E-state index contributed by atoms with van der Waals surface area (Å²) in [7, 11) is -3.95. The number of halogens is 1. The molecular weight excluding hydrogens is 498 g/mol. The van der Waals surface area contributed by atoms with E-state index in [1.807, 2.05) is 6.92 Å². The van der Waals surface area contributed by atoms with Gasteiger partial charge in [-0.3, -0.25) is 18.4 Å². The van der Waals surface area contributed by atoms with E-state index in [2.05, 4.69) is 20.0 Å². The quantitative estimate of drug-likeness (QED) is 0.360. The Bertz CT molecular complexity index is 1160. The van der Waals surface area contributed by atoms with Crippen LogP contribution in [-0.4, -0.2) is 69.2 Å². The SMILES string of the molecule is CCOc1nc(N)nc2c1ncn2[C@@H]1O[C@@H]2COP(=O)(N[C@H](CC)COC(=O)C(C)C)O[C@H]2[C@@]1(C)F. The molecule has 0 amide bonds. The second-order valence-electron chi connectivity index (χ2n) is 9.16. The van der Waals surface area contributed by atoms with Gasteiger partial charge in [0.05, 0.1) is 31.5 Å². The van der Waals surface area contributed by atoms with Crippen molar-refractivity contribution in [3.63, 3.8) is 0 Å². The second kappa shape index (κ2) is 10.2. The first-order valence-electron chi connectivity index (χ1n) is 11.8. The van der Waals surface area contributed by atoms with Crippen molar-refractivity contribution in [2.75, 3.05) is 25.6 Å². The molecule has 6 atom stereocenters. The highest BCUT2D eigenvalue weighted by Crippen LogP contribution is 2.57. The summed E-state index contributed by atoms with van der Waals surface area (Å²) >= 11 is 0. The van der Waals surface area contributed by atoms with E-state index in [-0.39, 0.29) is 42.6 Å². The second-order valence-corrected chi connectivity index (χ2v) is 10.9. The van der Waals surface area contributed by atoms with Gasteiger partial charge in [0.2, 0.25) is 11.8 Å². The number of fused-ring (bicyclic) bond motifs is 2. The largest absolute Gasteiger partial charge is 0.476 e. The molecule has 4 heterocycles. The number of nitrogens with one attached hydrogen (secondary N) is 1. The molecule has 2 aromatic heterocycles. The fraction of sp³-hybridized carbons (Fsp3) is 0.714. The number of nitrogens with zero attached hydrogens (tertiary/aromatic N) is 4. The topological polar surface area (TPSA) is 162 Å². The molecule has 2 fully saturated rings. The molecule has 4 rings (SSSR count). The van der Waals surface area contributed by atoms with Crippen molar-refractivity contribution in [3.05, 3.63) is 6.33 Å². The number of ether oxygens (including phenoxy) is 3. The summed E-state index contributed by atoms with van der Waals surface area (Å²) in [5, 5.41) is 2.77. The van der Waals surface area contributed by atoms with Crippen molar-refractivity contribution in [3.8, 4) is 5.88 Å². The number of carbonyl (C=O) groups excluding carboxylic acids is 1. The Balaban J connectivity index is 1.54. The van der Waals surface area contributed by atoms with Crippen LogP contribution in [0.4, 0.5) is 10.3 Å². The number of hydrogen-bond donors (Lipinski definition) is 2. The molecule has 2 aromatic rings. The predicted molar refractivity (Wildman–Crippen MR) is 126 cm³/mol. The Morgan fingerprint density at radius 1 is 1.42 bits per heavy atom. The van der Waals surface area contributed by atoms with Gasteiger partial charge in [0.15, 0.2) is 23.1 Å². The molecule has 13 nitrogen and oxygen atoms in total. The van der Waals surface area contributed by atoms with E-state index in [4.69, 9.17) is 29.0 Å². The minimum Gasteiger partial charge on any atom is -0.476 e. The number of nitrogen functional groups attached to an aromatic ring is 1. The first-order valence-corrected chi connectivity index (χ1v) is 13.4. The van der Waals surface area contributed by atoms with E-state index in [0.29, 0.717) is 18.5 Å². The van der Waals surface area contributed by atoms with Gasteiger partial charge >= 0.3 is 13.7 Å². The predicted octanol–water partition coefficient (Wildman–Crippen LogP) is 2.52. The number of imidazole rings is 1. The van der Waals surface area contributed by atoms with Crippen molar-refractivity contribution in [2.45, 2.75) is 71.2 Å². The maximum atomic E-state index is 16.3. The van der Waals surface area contributed by atoms with Gasteiger partial charge in [-0.2, -0.15) is 9.97 Å². The van der Waals surface area contributed by atoms with E-state index >= 15 is 4.39 Å². The molecule has 0 spiro atoms. The molecule has 0 aromatic carbocycles. The molecule has 200 valence electrons. The average molecular weight is 530 g/mol. The number of anilines is 1. The van der Waals surface area contributed by atoms with Crippen LogP contribution in [0.2, 0.25) is 0 Å². The third-order valence-electron chi connectivity index (χ3n) is 6.01.